The molecule has 0 unspecified atom stereocenters. The second kappa shape index (κ2) is 10.4. The molecule has 0 aliphatic carbocycles. The van der Waals surface area contributed by atoms with Crippen LogP contribution in [0.3, 0.4) is 0 Å². The molecule has 3 aromatic rings. The summed E-state index contributed by atoms with van der Waals surface area (Å²) in [5, 5.41) is 26.2. The average molecular weight is 451 g/mol. The van der Waals surface area contributed by atoms with Gasteiger partial charge in [0.25, 0.3) is 11.6 Å². The van der Waals surface area contributed by atoms with Crippen molar-refractivity contribution in [2.24, 2.45) is 5.10 Å². The van der Waals surface area contributed by atoms with E-state index < -0.39 is 27.1 Å². The molecule has 1 N–H and O–H groups in total. The summed E-state index contributed by atoms with van der Waals surface area (Å²) in [4.78, 5) is 36.6. The Morgan fingerprint density at radius 3 is 2.42 bits per heavy atom. The summed E-state index contributed by atoms with van der Waals surface area (Å²) in [6.07, 6.45) is 4.36. The van der Waals surface area contributed by atoms with Crippen LogP contribution in [0.2, 0.25) is 0 Å². The number of carbonyl (C=O) groups is 1. The fraction of sp³-hybridized carbons (Fsp3) is 0.0952. The fourth-order valence-corrected chi connectivity index (χ4v) is 2.66. The predicted molar refractivity (Wildman–Crippen MR) is 117 cm³/mol. The number of non-ortho nitro benzene ring substituents is 1. The van der Waals surface area contributed by atoms with Crippen LogP contribution in [0.1, 0.15) is 22.8 Å². The van der Waals surface area contributed by atoms with Crippen LogP contribution in [0.25, 0.3) is 0 Å². The topological polar surface area (TPSA) is 159 Å². The molecule has 33 heavy (non-hydrogen) atoms. The zero-order valence-corrected chi connectivity index (χ0v) is 17.2. The number of pyridine rings is 1. The van der Waals surface area contributed by atoms with Crippen LogP contribution in [0.5, 0.6) is 17.2 Å². The van der Waals surface area contributed by atoms with Crippen LogP contribution in [-0.2, 0) is 0 Å². The van der Waals surface area contributed by atoms with E-state index in [9.17, 15) is 25.0 Å². The van der Waals surface area contributed by atoms with E-state index in [0.717, 1.165) is 18.2 Å². The van der Waals surface area contributed by atoms with E-state index >= 15 is 0 Å². The fourth-order valence-electron chi connectivity index (χ4n) is 2.66. The molecule has 0 fully saturated rings. The Morgan fingerprint density at radius 1 is 1.03 bits per heavy atom. The van der Waals surface area contributed by atoms with Gasteiger partial charge < -0.3 is 9.47 Å². The highest BCUT2D eigenvalue weighted by molar-refractivity contribution is 5.94. The highest BCUT2D eigenvalue weighted by atomic mass is 16.6. The maximum atomic E-state index is 12.0. The van der Waals surface area contributed by atoms with Gasteiger partial charge in [-0.25, -0.2) is 5.43 Å². The summed E-state index contributed by atoms with van der Waals surface area (Å²) < 4.78 is 11.2. The number of nitrogens with zero attached hydrogens (tertiary/aromatic N) is 4. The number of ether oxygens (including phenoxy) is 2. The van der Waals surface area contributed by atoms with Crippen molar-refractivity contribution in [1.82, 2.24) is 10.4 Å². The third-order valence-electron chi connectivity index (χ3n) is 4.16. The van der Waals surface area contributed by atoms with Crippen LogP contribution in [-0.4, -0.2) is 33.6 Å². The lowest BCUT2D eigenvalue weighted by Crippen LogP contribution is -2.17. The van der Waals surface area contributed by atoms with E-state index in [1.165, 1.54) is 24.7 Å². The van der Waals surface area contributed by atoms with Gasteiger partial charge in [-0.2, -0.15) is 5.10 Å². The van der Waals surface area contributed by atoms with Crippen molar-refractivity contribution in [3.63, 3.8) is 0 Å². The molecule has 12 heteroatoms. The van der Waals surface area contributed by atoms with E-state index in [0.29, 0.717) is 11.1 Å². The summed E-state index contributed by atoms with van der Waals surface area (Å²) in [6.45, 7) is 2.02. The second-order valence-electron chi connectivity index (χ2n) is 6.34. The van der Waals surface area contributed by atoms with Crippen molar-refractivity contribution in [3.8, 4) is 17.2 Å². The summed E-state index contributed by atoms with van der Waals surface area (Å²) in [6, 6.07) is 10.8. The average Bonchev–Trinajstić information content (AvgIpc) is 2.81. The Labute approximate surface area is 186 Å². The third-order valence-corrected chi connectivity index (χ3v) is 4.16. The van der Waals surface area contributed by atoms with E-state index in [-0.39, 0.29) is 23.9 Å². The van der Waals surface area contributed by atoms with Crippen LogP contribution < -0.4 is 14.9 Å². The van der Waals surface area contributed by atoms with Gasteiger partial charge in [0.05, 0.1) is 28.7 Å². The van der Waals surface area contributed by atoms with E-state index in [1.54, 1.807) is 31.2 Å². The van der Waals surface area contributed by atoms with Crippen molar-refractivity contribution in [2.45, 2.75) is 6.92 Å². The number of nitro groups is 2. The first-order valence-corrected chi connectivity index (χ1v) is 9.50. The van der Waals surface area contributed by atoms with Gasteiger partial charge in [-0.15, -0.1) is 0 Å². The molecule has 0 saturated carbocycles. The Hall–Kier alpha value is -4.87. The van der Waals surface area contributed by atoms with Crippen LogP contribution in [0, 0.1) is 20.2 Å². The number of benzene rings is 2. The Kier molecular flexibility index (Phi) is 7.21. The van der Waals surface area contributed by atoms with E-state index in [1.807, 2.05) is 0 Å². The standard InChI is InChI=1S/C21H17N5O7/c1-2-32-20-11-14(13-23-24-21(27)15-7-9-22-10-8-15)3-5-19(20)33-18-6-4-16(25(28)29)12-17(18)26(30)31/h3-13H,2H2,1H3,(H,24,27). The van der Waals surface area contributed by atoms with Gasteiger partial charge in [-0.1, -0.05) is 0 Å². The number of hydrazone groups is 1. The summed E-state index contributed by atoms with van der Waals surface area (Å²) >= 11 is 0. The lowest BCUT2D eigenvalue weighted by molar-refractivity contribution is -0.394. The Bertz CT molecular complexity index is 1210. The van der Waals surface area contributed by atoms with Crippen molar-refractivity contribution in [3.05, 3.63) is 92.3 Å². The van der Waals surface area contributed by atoms with Gasteiger partial charge in [-0.3, -0.25) is 30.0 Å². The summed E-state index contributed by atoms with van der Waals surface area (Å²) in [5.41, 5.74) is 2.35. The van der Waals surface area contributed by atoms with Gasteiger partial charge in [0, 0.05) is 24.0 Å². The number of carbonyl (C=O) groups excluding carboxylic acids is 1. The van der Waals surface area contributed by atoms with Crippen molar-refractivity contribution < 1.29 is 24.1 Å². The molecule has 168 valence electrons. The Balaban J connectivity index is 1.81. The van der Waals surface area contributed by atoms with Gasteiger partial charge in [0.2, 0.25) is 5.75 Å². The zero-order valence-electron chi connectivity index (χ0n) is 17.2. The van der Waals surface area contributed by atoms with E-state index in [2.05, 4.69) is 15.5 Å². The number of nitro benzene ring substituents is 2. The number of hydrogen-bond donors (Lipinski definition) is 1. The lowest BCUT2D eigenvalue weighted by Gasteiger charge is -2.12. The molecule has 0 saturated heterocycles. The predicted octanol–water partition coefficient (Wildman–Crippen LogP) is 3.85. The summed E-state index contributed by atoms with van der Waals surface area (Å²) in [5.74, 6) is -0.178. The van der Waals surface area contributed by atoms with Gasteiger partial charge in [0.1, 0.15) is 0 Å². The lowest BCUT2D eigenvalue weighted by atomic mass is 10.2. The molecule has 0 bridgehead atoms. The van der Waals surface area contributed by atoms with Crippen molar-refractivity contribution >= 4 is 23.5 Å². The molecule has 1 amide bonds. The minimum Gasteiger partial charge on any atom is -0.490 e. The third kappa shape index (κ3) is 5.85. The number of aromatic nitrogens is 1. The molecule has 0 spiro atoms. The van der Waals surface area contributed by atoms with Crippen molar-refractivity contribution in [1.29, 1.82) is 0 Å². The van der Waals surface area contributed by atoms with Gasteiger partial charge in [0.15, 0.2) is 11.5 Å². The maximum absolute atomic E-state index is 12.0. The molecule has 12 nitrogen and oxygen atoms in total. The first-order chi connectivity index (χ1) is 15.9. The molecule has 0 atom stereocenters. The van der Waals surface area contributed by atoms with Crippen LogP contribution in [0.15, 0.2) is 66.0 Å². The number of hydrogen-bond acceptors (Lipinski definition) is 9. The minimum atomic E-state index is -0.769. The molecule has 0 aliphatic heterocycles. The quantitative estimate of drug-likeness (QED) is 0.292. The Morgan fingerprint density at radius 2 is 1.76 bits per heavy atom. The van der Waals surface area contributed by atoms with Gasteiger partial charge in [-0.05, 0) is 48.9 Å². The van der Waals surface area contributed by atoms with Crippen LogP contribution >= 0.6 is 0 Å². The summed E-state index contributed by atoms with van der Waals surface area (Å²) in [7, 11) is 0. The minimum absolute atomic E-state index is 0.159. The van der Waals surface area contributed by atoms with Crippen LogP contribution in [0.4, 0.5) is 11.4 Å². The molecule has 3 rings (SSSR count). The van der Waals surface area contributed by atoms with E-state index in [4.69, 9.17) is 9.47 Å². The zero-order chi connectivity index (χ0) is 23.8. The second-order valence-corrected chi connectivity index (χ2v) is 6.34. The SMILES string of the molecule is CCOc1cc(C=NNC(=O)c2ccncc2)ccc1Oc1ccc([N+](=O)[O-])cc1[N+](=O)[O-]. The largest absolute Gasteiger partial charge is 0.490 e. The molecule has 2 aromatic carbocycles. The monoisotopic (exact) mass is 451 g/mol. The van der Waals surface area contributed by atoms with Gasteiger partial charge >= 0.3 is 5.69 Å². The smallest absolute Gasteiger partial charge is 0.318 e. The van der Waals surface area contributed by atoms with Crippen molar-refractivity contribution in [2.75, 3.05) is 6.61 Å². The number of rotatable bonds is 9. The molecule has 1 heterocycles. The normalized spacial score (nSPS) is 10.6. The molecule has 0 radical (unpaired) electrons. The highest BCUT2D eigenvalue weighted by Crippen LogP contribution is 2.38. The number of nitrogens with one attached hydrogen (secondary N) is 1. The highest BCUT2D eigenvalue weighted by Gasteiger charge is 2.22. The molecule has 0 aliphatic rings. The molecular weight excluding hydrogens is 434 g/mol. The number of amides is 1. The molecular formula is C21H17N5O7. The first kappa shape index (κ1) is 22.8. The molecule has 1 aromatic heterocycles. The first-order valence-electron chi connectivity index (χ1n) is 9.50. The maximum Gasteiger partial charge on any atom is 0.318 e.